The highest BCUT2D eigenvalue weighted by Crippen LogP contribution is 2.09. The Morgan fingerprint density at radius 3 is 2.81 bits per heavy atom. The summed E-state index contributed by atoms with van der Waals surface area (Å²) in [4.78, 5) is 12.9. The van der Waals surface area contributed by atoms with Gasteiger partial charge in [-0.25, -0.2) is 0 Å². The number of hydrogen-bond donors (Lipinski definition) is 0. The molecular formula is C12H14NO3-. The molecule has 1 heterocycles. The average molecular weight is 220 g/mol. The zero-order chi connectivity index (χ0) is 11.4. The standard InChI is InChI=1S/C12H15NO3/c14-12(15)11-3-1-2-10(8-11)9-13-4-6-16-7-5-13/h1-3,8H,4-7,9H2,(H,14,15)/p-1. The molecule has 1 fully saturated rings. The number of benzene rings is 1. The van der Waals surface area contributed by atoms with Gasteiger partial charge in [-0.1, -0.05) is 18.2 Å². The lowest BCUT2D eigenvalue weighted by Gasteiger charge is -2.26. The van der Waals surface area contributed by atoms with E-state index in [0.29, 0.717) is 0 Å². The molecule has 86 valence electrons. The Labute approximate surface area is 94.4 Å². The smallest absolute Gasteiger partial charge is 0.0715 e. The number of carboxylic acid groups (broad SMARTS) is 1. The summed E-state index contributed by atoms with van der Waals surface area (Å²) in [6, 6.07) is 6.91. The van der Waals surface area contributed by atoms with Crippen LogP contribution in [0.5, 0.6) is 0 Å². The van der Waals surface area contributed by atoms with Crippen molar-refractivity contribution in [2.45, 2.75) is 6.54 Å². The summed E-state index contributed by atoms with van der Waals surface area (Å²) in [5.74, 6) is -1.12. The van der Waals surface area contributed by atoms with Gasteiger partial charge in [-0.2, -0.15) is 0 Å². The van der Waals surface area contributed by atoms with Gasteiger partial charge in [0.15, 0.2) is 0 Å². The minimum absolute atomic E-state index is 0.241. The van der Waals surface area contributed by atoms with Crippen LogP contribution in [-0.4, -0.2) is 37.2 Å². The lowest BCUT2D eigenvalue weighted by Crippen LogP contribution is -2.35. The van der Waals surface area contributed by atoms with Gasteiger partial charge in [-0.15, -0.1) is 0 Å². The van der Waals surface area contributed by atoms with Crippen LogP contribution in [0.15, 0.2) is 24.3 Å². The number of hydrogen-bond acceptors (Lipinski definition) is 4. The van der Waals surface area contributed by atoms with Crippen molar-refractivity contribution in [1.29, 1.82) is 0 Å². The molecule has 0 radical (unpaired) electrons. The predicted octanol–water partition coefficient (Wildman–Crippen LogP) is -0.118. The van der Waals surface area contributed by atoms with Crippen molar-refractivity contribution in [2.24, 2.45) is 0 Å². The Morgan fingerprint density at radius 2 is 2.12 bits per heavy atom. The molecule has 4 nitrogen and oxygen atoms in total. The molecule has 0 spiro atoms. The summed E-state index contributed by atoms with van der Waals surface area (Å²) in [6.07, 6.45) is 0. The molecule has 16 heavy (non-hydrogen) atoms. The van der Waals surface area contributed by atoms with Gasteiger partial charge >= 0.3 is 0 Å². The van der Waals surface area contributed by atoms with Gasteiger partial charge in [0.05, 0.1) is 19.2 Å². The van der Waals surface area contributed by atoms with E-state index in [2.05, 4.69) is 4.90 Å². The van der Waals surface area contributed by atoms with E-state index in [4.69, 9.17) is 4.74 Å². The lowest BCUT2D eigenvalue weighted by molar-refractivity contribution is -0.255. The number of carbonyl (C=O) groups excluding carboxylic acids is 1. The maximum absolute atomic E-state index is 10.7. The Bertz CT molecular complexity index is 372. The number of morpholine rings is 1. The van der Waals surface area contributed by atoms with Crippen molar-refractivity contribution >= 4 is 5.97 Å². The molecule has 0 saturated carbocycles. The fourth-order valence-electron chi connectivity index (χ4n) is 1.81. The number of nitrogens with zero attached hydrogens (tertiary/aromatic N) is 1. The van der Waals surface area contributed by atoms with E-state index in [1.807, 2.05) is 6.07 Å². The van der Waals surface area contributed by atoms with Gasteiger partial charge < -0.3 is 14.6 Å². The highest BCUT2D eigenvalue weighted by molar-refractivity contribution is 5.85. The maximum atomic E-state index is 10.7. The van der Waals surface area contributed by atoms with Crippen molar-refractivity contribution in [1.82, 2.24) is 4.90 Å². The molecule has 0 atom stereocenters. The monoisotopic (exact) mass is 220 g/mol. The second kappa shape index (κ2) is 5.09. The van der Waals surface area contributed by atoms with Crippen LogP contribution in [-0.2, 0) is 11.3 Å². The van der Waals surface area contributed by atoms with Crippen LogP contribution in [0.4, 0.5) is 0 Å². The summed E-state index contributed by atoms with van der Waals surface area (Å²) < 4.78 is 5.25. The molecule has 0 unspecified atom stereocenters. The van der Waals surface area contributed by atoms with Crippen LogP contribution in [0.3, 0.4) is 0 Å². The quantitative estimate of drug-likeness (QED) is 0.712. The second-order valence-corrected chi connectivity index (χ2v) is 3.88. The molecule has 0 N–H and O–H groups in total. The Morgan fingerprint density at radius 1 is 1.38 bits per heavy atom. The van der Waals surface area contributed by atoms with E-state index in [1.54, 1.807) is 18.2 Å². The molecule has 0 bridgehead atoms. The normalized spacial score (nSPS) is 17.2. The molecule has 2 rings (SSSR count). The number of carbonyl (C=O) groups is 1. The highest BCUT2D eigenvalue weighted by Gasteiger charge is 2.10. The van der Waals surface area contributed by atoms with Crippen molar-refractivity contribution in [3.63, 3.8) is 0 Å². The first-order chi connectivity index (χ1) is 7.75. The van der Waals surface area contributed by atoms with Gasteiger partial charge in [-0.05, 0) is 17.2 Å². The minimum Gasteiger partial charge on any atom is -0.545 e. The third-order valence-corrected chi connectivity index (χ3v) is 2.67. The summed E-state index contributed by atoms with van der Waals surface area (Å²) in [7, 11) is 0. The number of carboxylic acids is 1. The predicted molar refractivity (Wildman–Crippen MR) is 56.9 cm³/mol. The zero-order valence-electron chi connectivity index (χ0n) is 9.02. The molecular weight excluding hydrogens is 206 g/mol. The second-order valence-electron chi connectivity index (χ2n) is 3.88. The van der Waals surface area contributed by atoms with Gasteiger partial charge in [0.2, 0.25) is 0 Å². The molecule has 0 aromatic heterocycles. The van der Waals surface area contributed by atoms with E-state index in [-0.39, 0.29) is 5.56 Å². The largest absolute Gasteiger partial charge is 0.545 e. The van der Waals surface area contributed by atoms with Crippen LogP contribution in [0.25, 0.3) is 0 Å². The van der Waals surface area contributed by atoms with Crippen molar-refractivity contribution in [2.75, 3.05) is 26.3 Å². The van der Waals surface area contributed by atoms with Gasteiger partial charge in [-0.3, -0.25) is 4.90 Å². The Balaban J connectivity index is 2.02. The number of ether oxygens (including phenoxy) is 1. The molecule has 1 saturated heterocycles. The SMILES string of the molecule is O=C([O-])c1cccc(CN2CCOCC2)c1. The van der Waals surface area contributed by atoms with Gasteiger partial charge in [0.25, 0.3) is 0 Å². The van der Waals surface area contributed by atoms with E-state index in [0.717, 1.165) is 38.4 Å². The van der Waals surface area contributed by atoms with E-state index in [1.165, 1.54) is 0 Å². The molecule has 0 aliphatic carbocycles. The zero-order valence-corrected chi connectivity index (χ0v) is 9.02. The van der Waals surface area contributed by atoms with E-state index in [9.17, 15) is 9.90 Å². The summed E-state index contributed by atoms with van der Waals surface area (Å²) in [5.41, 5.74) is 1.24. The first-order valence-corrected chi connectivity index (χ1v) is 5.36. The van der Waals surface area contributed by atoms with Crippen molar-refractivity contribution < 1.29 is 14.6 Å². The Hall–Kier alpha value is -1.39. The first kappa shape index (κ1) is 11.1. The maximum Gasteiger partial charge on any atom is 0.0715 e. The Kier molecular flexibility index (Phi) is 3.54. The van der Waals surface area contributed by atoms with Gasteiger partial charge in [0.1, 0.15) is 0 Å². The van der Waals surface area contributed by atoms with Crippen LogP contribution in [0.1, 0.15) is 15.9 Å². The molecule has 0 amide bonds. The fourth-order valence-corrected chi connectivity index (χ4v) is 1.81. The summed E-state index contributed by atoms with van der Waals surface area (Å²) in [6.45, 7) is 4.07. The minimum atomic E-state index is -1.12. The third kappa shape index (κ3) is 2.81. The van der Waals surface area contributed by atoms with Gasteiger partial charge in [0, 0.05) is 19.6 Å². The summed E-state index contributed by atoms with van der Waals surface area (Å²) >= 11 is 0. The van der Waals surface area contributed by atoms with Crippen molar-refractivity contribution in [3.05, 3.63) is 35.4 Å². The number of aromatic carboxylic acids is 1. The van der Waals surface area contributed by atoms with Crippen molar-refractivity contribution in [3.8, 4) is 0 Å². The van der Waals surface area contributed by atoms with E-state index >= 15 is 0 Å². The van der Waals surface area contributed by atoms with E-state index < -0.39 is 5.97 Å². The molecule has 1 aromatic carbocycles. The molecule has 1 aliphatic heterocycles. The molecule has 1 aliphatic rings. The number of rotatable bonds is 3. The summed E-state index contributed by atoms with van der Waals surface area (Å²) in [5, 5.41) is 10.7. The topological polar surface area (TPSA) is 52.6 Å². The molecule has 4 heteroatoms. The van der Waals surface area contributed by atoms with Crippen LogP contribution in [0.2, 0.25) is 0 Å². The van der Waals surface area contributed by atoms with Crippen LogP contribution >= 0.6 is 0 Å². The van der Waals surface area contributed by atoms with Crippen LogP contribution in [0, 0.1) is 0 Å². The van der Waals surface area contributed by atoms with Crippen LogP contribution < -0.4 is 5.11 Å². The third-order valence-electron chi connectivity index (χ3n) is 2.67. The first-order valence-electron chi connectivity index (χ1n) is 5.36. The lowest BCUT2D eigenvalue weighted by atomic mass is 10.1. The highest BCUT2D eigenvalue weighted by atomic mass is 16.5. The average Bonchev–Trinajstić information content (AvgIpc) is 2.30. The fraction of sp³-hybridized carbons (Fsp3) is 0.417. The molecule has 1 aromatic rings.